The third-order valence-corrected chi connectivity index (χ3v) is 6.72. The van der Waals surface area contributed by atoms with Crippen molar-refractivity contribution in [3.63, 3.8) is 0 Å². The fourth-order valence-corrected chi connectivity index (χ4v) is 4.74. The molecule has 1 aromatic carbocycles. The highest BCUT2D eigenvalue weighted by Crippen LogP contribution is 2.21. The lowest BCUT2D eigenvalue weighted by atomic mass is 9.96. The molecule has 0 spiro atoms. The van der Waals surface area contributed by atoms with Crippen molar-refractivity contribution in [1.29, 1.82) is 0 Å². The van der Waals surface area contributed by atoms with Crippen LogP contribution in [0.2, 0.25) is 0 Å². The molecule has 0 unspecified atom stereocenters. The minimum Gasteiger partial charge on any atom is -0.459 e. The van der Waals surface area contributed by atoms with Crippen molar-refractivity contribution >= 4 is 29.2 Å². The molecule has 36 heavy (non-hydrogen) atoms. The number of piperazine rings is 1. The Kier molecular flexibility index (Phi) is 8.65. The van der Waals surface area contributed by atoms with Gasteiger partial charge in [0, 0.05) is 50.1 Å². The normalized spacial score (nSPS) is 16.3. The van der Waals surface area contributed by atoms with E-state index in [2.05, 4.69) is 22.1 Å². The van der Waals surface area contributed by atoms with Crippen molar-refractivity contribution in [2.24, 2.45) is 0 Å². The topological polar surface area (TPSA) is 98.1 Å². The van der Waals surface area contributed by atoms with Crippen LogP contribution < -0.4 is 15.5 Å². The van der Waals surface area contributed by atoms with Crippen LogP contribution in [0.3, 0.4) is 0 Å². The number of amides is 4. The van der Waals surface area contributed by atoms with E-state index in [4.69, 9.17) is 4.42 Å². The van der Waals surface area contributed by atoms with E-state index < -0.39 is 0 Å². The smallest absolute Gasteiger partial charge is 0.317 e. The Morgan fingerprint density at radius 3 is 2.39 bits per heavy atom. The molecule has 1 aromatic heterocycles. The largest absolute Gasteiger partial charge is 0.459 e. The highest BCUT2D eigenvalue weighted by molar-refractivity contribution is 5.98. The Morgan fingerprint density at radius 2 is 1.75 bits per heavy atom. The maximum atomic E-state index is 12.6. The van der Waals surface area contributed by atoms with E-state index in [9.17, 15) is 14.4 Å². The van der Waals surface area contributed by atoms with Gasteiger partial charge in [0.05, 0.1) is 6.26 Å². The van der Waals surface area contributed by atoms with Gasteiger partial charge in [0.2, 0.25) is 5.91 Å². The Morgan fingerprint density at radius 1 is 1.03 bits per heavy atom. The molecule has 2 N–H and O–H groups in total. The van der Waals surface area contributed by atoms with Gasteiger partial charge in [-0.3, -0.25) is 9.59 Å². The molecule has 1 saturated carbocycles. The fraction of sp³-hybridized carbons (Fsp3) is 0.444. The molecule has 1 aliphatic heterocycles. The van der Waals surface area contributed by atoms with Gasteiger partial charge in [0.25, 0.3) is 5.91 Å². The number of furan rings is 1. The summed E-state index contributed by atoms with van der Waals surface area (Å²) in [5, 5.41) is 6.04. The second-order valence-corrected chi connectivity index (χ2v) is 9.31. The Balaban J connectivity index is 1.24. The van der Waals surface area contributed by atoms with E-state index in [1.54, 1.807) is 18.2 Å². The van der Waals surface area contributed by atoms with Gasteiger partial charge in [0.15, 0.2) is 5.76 Å². The first-order valence-electron chi connectivity index (χ1n) is 12.7. The maximum absolute atomic E-state index is 12.6. The first-order valence-corrected chi connectivity index (χ1v) is 12.7. The maximum Gasteiger partial charge on any atom is 0.317 e. The molecule has 1 aliphatic carbocycles. The highest BCUT2D eigenvalue weighted by Gasteiger charge is 2.24. The van der Waals surface area contributed by atoms with Crippen molar-refractivity contribution in [2.45, 2.75) is 38.1 Å². The molecule has 2 fully saturated rings. The summed E-state index contributed by atoms with van der Waals surface area (Å²) in [5.74, 6) is -0.486. The third kappa shape index (κ3) is 6.68. The monoisotopic (exact) mass is 493 g/mol. The molecule has 9 heteroatoms. The molecule has 0 atom stereocenters. The first kappa shape index (κ1) is 25.3. The van der Waals surface area contributed by atoms with E-state index >= 15 is 0 Å². The molecule has 4 rings (SSSR count). The molecule has 4 amide bonds. The molecule has 0 radical (unpaired) electrons. The molecule has 0 bridgehead atoms. The van der Waals surface area contributed by atoms with E-state index in [1.807, 2.05) is 29.2 Å². The number of anilines is 2. The van der Waals surface area contributed by atoms with Crippen LogP contribution in [-0.4, -0.2) is 73.0 Å². The lowest BCUT2D eigenvalue weighted by Crippen LogP contribution is -2.53. The van der Waals surface area contributed by atoms with Gasteiger partial charge < -0.3 is 29.8 Å². The number of benzene rings is 1. The number of hydrogen-bond acceptors (Lipinski definition) is 5. The highest BCUT2D eigenvalue weighted by atomic mass is 16.3. The van der Waals surface area contributed by atoms with E-state index in [1.165, 1.54) is 30.4 Å². The zero-order valence-corrected chi connectivity index (χ0v) is 20.7. The summed E-state index contributed by atoms with van der Waals surface area (Å²) in [6.07, 6.45) is 8.83. The second kappa shape index (κ2) is 12.3. The molecule has 2 aliphatic rings. The second-order valence-electron chi connectivity index (χ2n) is 9.31. The number of nitrogens with zero attached hydrogens (tertiary/aromatic N) is 3. The molecule has 2 heterocycles. The van der Waals surface area contributed by atoms with Crippen molar-refractivity contribution in [3.05, 3.63) is 61.1 Å². The van der Waals surface area contributed by atoms with Crippen molar-refractivity contribution < 1.29 is 18.8 Å². The number of carbonyl (C=O) groups is 3. The van der Waals surface area contributed by atoms with Crippen LogP contribution in [0, 0.1) is 0 Å². The zero-order chi connectivity index (χ0) is 25.3. The summed E-state index contributed by atoms with van der Waals surface area (Å²) in [6, 6.07) is 11.2. The number of rotatable bonds is 8. The summed E-state index contributed by atoms with van der Waals surface area (Å²) < 4.78 is 5.16. The molecule has 9 nitrogen and oxygen atoms in total. The quantitative estimate of drug-likeness (QED) is 0.547. The van der Waals surface area contributed by atoms with Crippen LogP contribution >= 0.6 is 0 Å². The van der Waals surface area contributed by atoms with Crippen LogP contribution in [0.25, 0.3) is 0 Å². The zero-order valence-electron chi connectivity index (χ0n) is 20.7. The minimum absolute atomic E-state index is 0.0515. The number of carbonyl (C=O) groups excluding carboxylic acids is 3. The lowest BCUT2D eigenvalue weighted by molar-refractivity contribution is -0.116. The summed E-state index contributed by atoms with van der Waals surface area (Å²) in [6.45, 7) is 6.66. The van der Waals surface area contributed by atoms with Crippen molar-refractivity contribution in [3.8, 4) is 0 Å². The summed E-state index contributed by atoms with van der Waals surface area (Å²) in [5.41, 5.74) is 1.69. The minimum atomic E-state index is -0.364. The molecule has 1 saturated heterocycles. The number of hydrogen-bond donors (Lipinski definition) is 2. The fourth-order valence-electron chi connectivity index (χ4n) is 4.74. The molecule has 192 valence electrons. The van der Waals surface area contributed by atoms with Gasteiger partial charge >= 0.3 is 6.03 Å². The number of urea groups is 1. The van der Waals surface area contributed by atoms with Crippen molar-refractivity contribution in [1.82, 2.24) is 15.1 Å². The first-order chi connectivity index (χ1) is 17.5. The summed E-state index contributed by atoms with van der Waals surface area (Å²) in [4.78, 5) is 43.2. The van der Waals surface area contributed by atoms with Gasteiger partial charge in [-0.25, -0.2) is 4.79 Å². The van der Waals surface area contributed by atoms with Crippen molar-refractivity contribution in [2.75, 3.05) is 49.5 Å². The molecular formula is C27H35N5O4. The third-order valence-electron chi connectivity index (χ3n) is 6.72. The van der Waals surface area contributed by atoms with Crippen LogP contribution in [0.15, 0.2) is 59.7 Å². The summed E-state index contributed by atoms with van der Waals surface area (Å²) in [7, 11) is 0. The van der Waals surface area contributed by atoms with Gasteiger partial charge in [-0.15, -0.1) is 6.58 Å². The predicted molar refractivity (Wildman–Crippen MR) is 139 cm³/mol. The van der Waals surface area contributed by atoms with Gasteiger partial charge in [-0.1, -0.05) is 25.3 Å². The SMILES string of the molecule is C=CCN(CC(=O)Nc1ccc(N2CCN(C(=O)NC3CCCCC3)CC2)cc1)C(=O)c1ccco1. The molecule has 2 aromatic rings. The van der Waals surface area contributed by atoms with Gasteiger partial charge in [-0.2, -0.15) is 0 Å². The van der Waals surface area contributed by atoms with Crippen LogP contribution in [0.1, 0.15) is 42.7 Å². The lowest BCUT2D eigenvalue weighted by Gasteiger charge is -2.37. The van der Waals surface area contributed by atoms with Crippen LogP contribution in [0.5, 0.6) is 0 Å². The Labute approximate surface area is 212 Å². The average Bonchev–Trinajstić information content (AvgIpc) is 3.44. The van der Waals surface area contributed by atoms with Gasteiger partial charge in [-0.05, 0) is 49.2 Å². The Hall–Kier alpha value is -3.75. The predicted octanol–water partition coefficient (Wildman–Crippen LogP) is 3.71. The van der Waals surface area contributed by atoms with Crippen LogP contribution in [-0.2, 0) is 4.79 Å². The van der Waals surface area contributed by atoms with E-state index in [0.29, 0.717) is 24.8 Å². The number of nitrogens with one attached hydrogen (secondary N) is 2. The van der Waals surface area contributed by atoms with Crippen LogP contribution in [0.4, 0.5) is 16.2 Å². The molecular weight excluding hydrogens is 458 g/mol. The van der Waals surface area contributed by atoms with Gasteiger partial charge in [0.1, 0.15) is 6.54 Å². The average molecular weight is 494 g/mol. The standard InChI is InChI=1S/C27H35N5O4/c1-2-14-32(26(34)24-9-6-19-36-24)20-25(33)28-22-10-12-23(13-11-22)30-15-17-31(18-16-30)27(35)29-21-7-4-3-5-8-21/h2,6,9-13,19,21H,1,3-5,7-8,14-18,20H2,(H,28,33)(H,29,35). The van der Waals surface area contributed by atoms with E-state index in [0.717, 1.165) is 31.6 Å². The Bertz CT molecular complexity index is 1020. The summed E-state index contributed by atoms with van der Waals surface area (Å²) >= 11 is 0. The van der Waals surface area contributed by atoms with E-state index in [-0.39, 0.29) is 36.7 Å².